The molecule has 32 heavy (non-hydrogen) atoms. The molecule has 2 aromatic rings. The van der Waals surface area contributed by atoms with Crippen LogP contribution >= 0.6 is 11.3 Å². The van der Waals surface area contributed by atoms with Gasteiger partial charge in [0.2, 0.25) is 0 Å². The molecule has 166 valence electrons. The highest BCUT2D eigenvalue weighted by Crippen LogP contribution is 2.46. The van der Waals surface area contributed by atoms with Gasteiger partial charge >= 0.3 is 5.97 Å². The van der Waals surface area contributed by atoms with Crippen molar-refractivity contribution < 1.29 is 18.7 Å². The lowest BCUT2D eigenvalue weighted by Crippen LogP contribution is -2.36. The summed E-state index contributed by atoms with van der Waals surface area (Å²) >= 11 is 1.66. The number of Topliss-reactive ketones (excluding diaryl/α,β-unsaturated/α-hetero) is 1. The molecule has 5 rings (SSSR count). The Hall–Kier alpha value is -2.73. The number of esters is 1. The van der Waals surface area contributed by atoms with E-state index in [1.54, 1.807) is 23.5 Å². The molecule has 1 aromatic heterocycles. The molecule has 0 amide bonds. The topological polar surface area (TPSA) is 55.4 Å². The van der Waals surface area contributed by atoms with Gasteiger partial charge in [-0.25, -0.2) is 9.18 Å². The number of thiophene rings is 1. The SMILES string of the molecule is CC1=C(C(=O)OC2CCCC2)[C@@H](c2ccc(F)cc2)C2=C(C[C@@H](c3cccs3)CC2=O)N1. The van der Waals surface area contributed by atoms with Crippen LogP contribution in [0.15, 0.2) is 64.3 Å². The predicted octanol–water partition coefficient (Wildman–Crippen LogP) is 5.73. The summed E-state index contributed by atoms with van der Waals surface area (Å²) < 4.78 is 19.5. The summed E-state index contributed by atoms with van der Waals surface area (Å²) in [6, 6.07) is 10.2. The van der Waals surface area contributed by atoms with Crippen LogP contribution in [0.4, 0.5) is 4.39 Å². The fourth-order valence-corrected chi connectivity index (χ4v) is 6.07. The maximum absolute atomic E-state index is 13.7. The first-order valence-electron chi connectivity index (χ1n) is 11.2. The van der Waals surface area contributed by atoms with Gasteiger partial charge in [0.25, 0.3) is 0 Å². The van der Waals surface area contributed by atoms with Gasteiger partial charge in [-0.2, -0.15) is 0 Å². The van der Waals surface area contributed by atoms with Crippen molar-refractivity contribution >= 4 is 23.1 Å². The summed E-state index contributed by atoms with van der Waals surface area (Å²) in [4.78, 5) is 28.0. The van der Waals surface area contributed by atoms with E-state index in [4.69, 9.17) is 4.74 Å². The molecule has 1 N–H and O–H groups in total. The molecule has 0 radical (unpaired) electrons. The van der Waals surface area contributed by atoms with E-state index in [-0.39, 0.29) is 29.6 Å². The Balaban J connectivity index is 1.54. The Labute approximate surface area is 191 Å². The lowest BCUT2D eigenvalue weighted by molar-refractivity contribution is -0.144. The van der Waals surface area contributed by atoms with E-state index in [9.17, 15) is 14.0 Å². The monoisotopic (exact) mass is 451 g/mol. The fourth-order valence-electron chi connectivity index (χ4n) is 5.24. The first-order valence-corrected chi connectivity index (χ1v) is 12.1. The maximum Gasteiger partial charge on any atom is 0.337 e. The van der Waals surface area contributed by atoms with Crippen LogP contribution in [0, 0.1) is 5.82 Å². The largest absolute Gasteiger partial charge is 0.459 e. The highest BCUT2D eigenvalue weighted by molar-refractivity contribution is 7.10. The Morgan fingerprint density at radius 3 is 2.56 bits per heavy atom. The van der Waals surface area contributed by atoms with Crippen LogP contribution in [-0.2, 0) is 14.3 Å². The maximum atomic E-state index is 13.7. The van der Waals surface area contributed by atoms with Crippen molar-refractivity contribution in [2.24, 2.45) is 0 Å². The number of ketones is 1. The first-order chi connectivity index (χ1) is 15.5. The van der Waals surface area contributed by atoms with Crippen molar-refractivity contribution in [1.82, 2.24) is 5.32 Å². The lowest BCUT2D eigenvalue weighted by atomic mass is 9.72. The molecule has 1 aromatic carbocycles. The molecule has 2 heterocycles. The van der Waals surface area contributed by atoms with E-state index in [1.165, 1.54) is 17.0 Å². The number of ether oxygens (including phenoxy) is 1. The van der Waals surface area contributed by atoms with Gasteiger partial charge in [0.15, 0.2) is 5.78 Å². The van der Waals surface area contributed by atoms with Gasteiger partial charge in [0.05, 0.1) is 5.57 Å². The van der Waals surface area contributed by atoms with Crippen molar-refractivity contribution in [2.45, 2.75) is 63.4 Å². The van der Waals surface area contributed by atoms with Gasteiger partial charge in [-0.1, -0.05) is 18.2 Å². The van der Waals surface area contributed by atoms with E-state index in [0.717, 1.165) is 36.9 Å². The van der Waals surface area contributed by atoms with Gasteiger partial charge in [-0.3, -0.25) is 4.79 Å². The third kappa shape index (κ3) is 3.92. The second kappa shape index (κ2) is 8.66. The van der Waals surface area contributed by atoms with Crippen LogP contribution in [0.5, 0.6) is 0 Å². The highest BCUT2D eigenvalue weighted by Gasteiger charge is 2.42. The number of carbonyl (C=O) groups is 2. The highest BCUT2D eigenvalue weighted by atomic mass is 32.1. The van der Waals surface area contributed by atoms with E-state index in [0.29, 0.717) is 29.7 Å². The number of hydrogen-bond acceptors (Lipinski definition) is 5. The molecular formula is C26H26FNO3S. The second-order valence-corrected chi connectivity index (χ2v) is 9.88. The third-order valence-electron chi connectivity index (χ3n) is 6.77. The summed E-state index contributed by atoms with van der Waals surface area (Å²) in [7, 11) is 0. The standard InChI is InChI=1S/C26H26FNO3S/c1-15-23(26(30)31-19-5-2-3-6-19)24(16-8-10-18(27)11-9-16)25-20(28-15)13-17(14-21(25)29)22-7-4-12-32-22/h4,7-12,17,19,24,28H,2-3,5-6,13-14H2,1H3/t17-,24-/m1/s1. The van der Waals surface area contributed by atoms with Crippen LogP contribution in [0.25, 0.3) is 0 Å². The van der Waals surface area contributed by atoms with Crippen molar-refractivity contribution in [3.8, 4) is 0 Å². The molecule has 1 fully saturated rings. The average Bonchev–Trinajstić information content (AvgIpc) is 3.47. The minimum Gasteiger partial charge on any atom is -0.459 e. The normalized spacial score (nSPS) is 23.9. The van der Waals surface area contributed by atoms with Gasteiger partial charge in [0, 0.05) is 40.1 Å². The third-order valence-corrected chi connectivity index (χ3v) is 7.81. The Morgan fingerprint density at radius 1 is 1.12 bits per heavy atom. The summed E-state index contributed by atoms with van der Waals surface area (Å²) in [5.41, 5.74) is 3.39. The average molecular weight is 452 g/mol. The van der Waals surface area contributed by atoms with E-state index < -0.39 is 5.92 Å². The molecule has 0 bridgehead atoms. The van der Waals surface area contributed by atoms with Gasteiger partial charge in [-0.15, -0.1) is 11.3 Å². The van der Waals surface area contributed by atoms with Gasteiger partial charge in [0.1, 0.15) is 11.9 Å². The molecule has 1 aliphatic heterocycles. The molecule has 0 spiro atoms. The molecule has 4 nitrogen and oxygen atoms in total. The smallest absolute Gasteiger partial charge is 0.337 e. The van der Waals surface area contributed by atoms with Crippen molar-refractivity contribution in [2.75, 3.05) is 0 Å². The van der Waals surface area contributed by atoms with Crippen molar-refractivity contribution in [3.05, 3.63) is 80.6 Å². The lowest BCUT2D eigenvalue weighted by Gasteiger charge is -2.36. The zero-order chi connectivity index (χ0) is 22.2. The van der Waals surface area contributed by atoms with Gasteiger partial charge < -0.3 is 10.1 Å². The van der Waals surface area contributed by atoms with Crippen LogP contribution in [0.3, 0.4) is 0 Å². The summed E-state index contributed by atoms with van der Waals surface area (Å²) in [5.74, 6) is -1.11. The minimum absolute atomic E-state index is 0.0325. The van der Waals surface area contributed by atoms with Crippen molar-refractivity contribution in [1.29, 1.82) is 0 Å². The number of nitrogens with one attached hydrogen (secondary N) is 1. The number of dihydropyridines is 1. The number of benzene rings is 1. The summed E-state index contributed by atoms with van der Waals surface area (Å²) in [5, 5.41) is 5.41. The quantitative estimate of drug-likeness (QED) is 0.603. The van der Waals surface area contributed by atoms with Crippen molar-refractivity contribution in [3.63, 3.8) is 0 Å². The summed E-state index contributed by atoms with van der Waals surface area (Å²) in [6.45, 7) is 1.87. The van der Waals surface area contributed by atoms with Crippen LogP contribution < -0.4 is 5.32 Å². The summed E-state index contributed by atoms with van der Waals surface area (Å²) in [6.07, 6.45) is 4.92. The number of rotatable bonds is 4. The molecule has 0 unspecified atom stereocenters. The predicted molar refractivity (Wildman–Crippen MR) is 122 cm³/mol. The second-order valence-electron chi connectivity index (χ2n) is 8.90. The zero-order valence-corrected chi connectivity index (χ0v) is 18.8. The zero-order valence-electron chi connectivity index (χ0n) is 18.0. The van der Waals surface area contributed by atoms with Crippen LogP contribution in [0.1, 0.15) is 67.7 Å². The molecule has 2 aliphatic carbocycles. The Bertz CT molecular complexity index is 1090. The van der Waals surface area contributed by atoms with Crippen LogP contribution in [-0.4, -0.2) is 17.9 Å². The number of halogens is 1. The van der Waals surface area contributed by atoms with E-state index in [2.05, 4.69) is 11.4 Å². The van der Waals surface area contributed by atoms with E-state index in [1.807, 2.05) is 18.4 Å². The Morgan fingerprint density at radius 2 is 1.88 bits per heavy atom. The minimum atomic E-state index is -0.544. The molecular weight excluding hydrogens is 425 g/mol. The van der Waals surface area contributed by atoms with E-state index >= 15 is 0 Å². The molecule has 3 aliphatic rings. The Kier molecular flexibility index (Phi) is 5.72. The number of allylic oxidation sites excluding steroid dienone is 3. The molecule has 1 saturated carbocycles. The first kappa shape index (κ1) is 21.1. The molecule has 6 heteroatoms. The fraction of sp³-hybridized carbons (Fsp3) is 0.385. The van der Waals surface area contributed by atoms with Crippen LogP contribution in [0.2, 0.25) is 0 Å². The number of hydrogen-bond donors (Lipinski definition) is 1. The molecule has 2 atom stereocenters. The molecule has 0 saturated heterocycles. The van der Waals surface area contributed by atoms with Gasteiger partial charge in [-0.05, 0) is 68.2 Å². The number of carbonyl (C=O) groups excluding carboxylic acids is 2.